The minimum Gasteiger partial charge on any atom is -0.481 e. The van der Waals surface area contributed by atoms with Crippen LogP contribution in [0.3, 0.4) is 0 Å². The van der Waals surface area contributed by atoms with Crippen LogP contribution >= 0.6 is 0 Å². The molecule has 0 radical (unpaired) electrons. The smallest absolute Gasteiger partial charge is 0.305 e. The SMILES string of the molecule is CCC(CC)(CC(=O)O)NC(=O)c1cc2c(F)cccc2[nH]1. The van der Waals surface area contributed by atoms with Gasteiger partial charge in [0.05, 0.1) is 12.0 Å². The summed E-state index contributed by atoms with van der Waals surface area (Å²) in [5, 5.41) is 12.2. The molecule has 5 nitrogen and oxygen atoms in total. The van der Waals surface area contributed by atoms with Crippen LogP contribution in [0.5, 0.6) is 0 Å². The minimum absolute atomic E-state index is 0.152. The Balaban J connectivity index is 2.29. The molecule has 0 aliphatic carbocycles. The number of benzene rings is 1. The second-order valence-corrected chi connectivity index (χ2v) is 5.40. The summed E-state index contributed by atoms with van der Waals surface area (Å²) in [4.78, 5) is 26.3. The zero-order chi connectivity index (χ0) is 16.3. The van der Waals surface area contributed by atoms with Crippen LogP contribution in [-0.2, 0) is 4.79 Å². The molecule has 0 aliphatic heterocycles. The van der Waals surface area contributed by atoms with Crippen molar-refractivity contribution in [1.29, 1.82) is 0 Å². The van der Waals surface area contributed by atoms with Gasteiger partial charge >= 0.3 is 5.97 Å². The highest BCUT2D eigenvalue weighted by Gasteiger charge is 2.31. The summed E-state index contributed by atoms with van der Waals surface area (Å²) in [6.07, 6.45) is 0.840. The van der Waals surface area contributed by atoms with Crippen molar-refractivity contribution in [1.82, 2.24) is 10.3 Å². The number of carbonyl (C=O) groups excluding carboxylic acids is 1. The number of aromatic amines is 1. The fourth-order valence-corrected chi connectivity index (χ4v) is 2.56. The van der Waals surface area contributed by atoms with E-state index >= 15 is 0 Å². The van der Waals surface area contributed by atoms with Crippen LogP contribution in [0.2, 0.25) is 0 Å². The molecule has 22 heavy (non-hydrogen) atoms. The number of fused-ring (bicyclic) bond motifs is 1. The van der Waals surface area contributed by atoms with Gasteiger partial charge < -0.3 is 15.4 Å². The number of carboxylic acid groups (broad SMARTS) is 1. The number of halogens is 1. The van der Waals surface area contributed by atoms with Crippen molar-refractivity contribution in [2.45, 2.75) is 38.6 Å². The number of hydrogen-bond acceptors (Lipinski definition) is 2. The first-order valence-electron chi connectivity index (χ1n) is 7.22. The quantitative estimate of drug-likeness (QED) is 0.767. The van der Waals surface area contributed by atoms with Crippen molar-refractivity contribution in [3.05, 3.63) is 35.8 Å². The van der Waals surface area contributed by atoms with Gasteiger partial charge in [0, 0.05) is 10.9 Å². The third-order valence-electron chi connectivity index (χ3n) is 4.08. The highest BCUT2D eigenvalue weighted by Crippen LogP contribution is 2.22. The van der Waals surface area contributed by atoms with E-state index in [1.807, 2.05) is 13.8 Å². The van der Waals surface area contributed by atoms with E-state index in [1.165, 1.54) is 12.1 Å². The lowest BCUT2D eigenvalue weighted by Gasteiger charge is -2.31. The number of carbonyl (C=O) groups is 2. The van der Waals surface area contributed by atoms with Crippen LogP contribution in [0, 0.1) is 5.82 Å². The predicted octanol–water partition coefficient (Wildman–Crippen LogP) is 3.07. The fourth-order valence-electron chi connectivity index (χ4n) is 2.56. The van der Waals surface area contributed by atoms with Crippen LogP contribution in [0.15, 0.2) is 24.3 Å². The van der Waals surface area contributed by atoms with Gasteiger partial charge in [0.1, 0.15) is 11.5 Å². The lowest BCUT2D eigenvalue weighted by molar-refractivity contribution is -0.138. The molecule has 1 heterocycles. The predicted molar refractivity (Wildman–Crippen MR) is 81.3 cm³/mol. The lowest BCUT2D eigenvalue weighted by atomic mass is 9.89. The molecule has 0 saturated carbocycles. The summed E-state index contributed by atoms with van der Waals surface area (Å²) in [5.41, 5.74) is -0.0580. The summed E-state index contributed by atoms with van der Waals surface area (Å²) in [6.45, 7) is 3.66. The molecule has 1 aromatic heterocycles. The summed E-state index contributed by atoms with van der Waals surface area (Å²) in [7, 11) is 0. The topological polar surface area (TPSA) is 82.2 Å². The maximum absolute atomic E-state index is 13.7. The second-order valence-electron chi connectivity index (χ2n) is 5.40. The Morgan fingerprint density at radius 3 is 2.55 bits per heavy atom. The normalized spacial score (nSPS) is 11.6. The van der Waals surface area contributed by atoms with E-state index < -0.39 is 23.2 Å². The average Bonchev–Trinajstić information content (AvgIpc) is 2.91. The van der Waals surface area contributed by atoms with Gasteiger partial charge in [0.15, 0.2) is 0 Å². The van der Waals surface area contributed by atoms with Crippen LogP contribution < -0.4 is 5.32 Å². The average molecular weight is 306 g/mol. The number of aliphatic carboxylic acids is 1. The lowest BCUT2D eigenvalue weighted by Crippen LogP contribution is -2.49. The maximum Gasteiger partial charge on any atom is 0.305 e. The fraction of sp³-hybridized carbons (Fsp3) is 0.375. The summed E-state index contributed by atoms with van der Waals surface area (Å²) < 4.78 is 13.7. The van der Waals surface area contributed by atoms with Crippen molar-refractivity contribution in [2.75, 3.05) is 0 Å². The summed E-state index contributed by atoms with van der Waals surface area (Å²) >= 11 is 0. The van der Waals surface area contributed by atoms with Crippen molar-refractivity contribution in [3.8, 4) is 0 Å². The van der Waals surface area contributed by atoms with Gasteiger partial charge in [-0.1, -0.05) is 19.9 Å². The Bertz CT molecular complexity index is 704. The number of aromatic nitrogens is 1. The van der Waals surface area contributed by atoms with Gasteiger partial charge in [-0.15, -0.1) is 0 Å². The molecule has 0 spiro atoms. The number of H-pyrrole nitrogens is 1. The van der Waals surface area contributed by atoms with Crippen LogP contribution in [0.4, 0.5) is 4.39 Å². The van der Waals surface area contributed by atoms with Gasteiger partial charge in [-0.3, -0.25) is 9.59 Å². The highest BCUT2D eigenvalue weighted by molar-refractivity contribution is 5.98. The second kappa shape index (κ2) is 6.17. The molecule has 0 unspecified atom stereocenters. The molecule has 0 saturated heterocycles. The van der Waals surface area contributed by atoms with Gasteiger partial charge in [0.2, 0.25) is 0 Å². The molecule has 3 N–H and O–H groups in total. The molecule has 118 valence electrons. The summed E-state index contributed by atoms with van der Waals surface area (Å²) in [5.74, 6) is -1.80. The Morgan fingerprint density at radius 1 is 1.32 bits per heavy atom. The molecule has 2 rings (SSSR count). The number of carboxylic acids is 1. The molecule has 1 aromatic carbocycles. The van der Waals surface area contributed by atoms with Crippen molar-refractivity contribution >= 4 is 22.8 Å². The van der Waals surface area contributed by atoms with Crippen molar-refractivity contribution in [2.24, 2.45) is 0 Å². The van der Waals surface area contributed by atoms with Crippen LogP contribution in [0.1, 0.15) is 43.6 Å². The molecule has 0 aliphatic rings. The molecule has 0 bridgehead atoms. The van der Waals surface area contributed by atoms with E-state index in [2.05, 4.69) is 10.3 Å². The molecule has 2 aromatic rings. The van der Waals surface area contributed by atoms with E-state index in [-0.39, 0.29) is 12.1 Å². The van der Waals surface area contributed by atoms with E-state index in [9.17, 15) is 14.0 Å². The first-order valence-corrected chi connectivity index (χ1v) is 7.22. The van der Waals surface area contributed by atoms with E-state index in [1.54, 1.807) is 12.1 Å². The van der Waals surface area contributed by atoms with Crippen LogP contribution in [0.25, 0.3) is 10.9 Å². The van der Waals surface area contributed by atoms with Crippen molar-refractivity contribution < 1.29 is 19.1 Å². The largest absolute Gasteiger partial charge is 0.481 e. The number of amides is 1. The summed E-state index contributed by atoms with van der Waals surface area (Å²) in [6, 6.07) is 6.00. The maximum atomic E-state index is 13.7. The monoisotopic (exact) mass is 306 g/mol. The van der Waals surface area contributed by atoms with Gasteiger partial charge in [-0.2, -0.15) is 0 Å². The Labute approximate surface area is 127 Å². The molecular weight excluding hydrogens is 287 g/mol. The van der Waals surface area contributed by atoms with E-state index in [0.717, 1.165) is 0 Å². The highest BCUT2D eigenvalue weighted by atomic mass is 19.1. The molecule has 0 fully saturated rings. The molecule has 0 atom stereocenters. The molecular formula is C16H19FN2O3. The zero-order valence-electron chi connectivity index (χ0n) is 12.6. The van der Waals surface area contributed by atoms with Gasteiger partial charge in [-0.25, -0.2) is 4.39 Å². The van der Waals surface area contributed by atoms with E-state index in [0.29, 0.717) is 23.7 Å². The standard InChI is InChI=1S/C16H19FN2O3/c1-3-16(4-2,9-14(20)21)19-15(22)13-8-10-11(17)6-5-7-12(10)18-13/h5-8,18H,3-4,9H2,1-2H3,(H,19,22)(H,20,21). The molecule has 1 amide bonds. The Morgan fingerprint density at radius 2 is 2.00 bits per heavy atom. The third kappa shape index (κ3) is 3.10. The Kier molecular flexibility index (Phi) is 4.49. The number of rotatable bonds is 6. The molecule has 6 heteroatoms. The van der Waals surface area contributed by atoms with Crippen molar-refractivity contribution in [3.63, 3.8) is 0 Å². The van der Waals surface area contributed by atoms with Crippen LogP contribution in [-0.4, -0.2) is 27.5 Å². The first-order chi connectivity index (χ1) is 10.4. The minimum atomic E-state index is -0.966. The Hall–Kier alpha value is -2.37. The first kappa shape index (κ1) is 16.0. The van der Waals surface area contributed by atoms with E-state index in [4.69, 9.17) is 5.11 Å². The number of nitrogens with one attached hydrogen (secondary N) is 2. The zero-order valence-corrected chi connectivity index (χ0v) is 12.6. The number of hydrogen-bond donors (Lipinski definition) is 3. The third-order valence-corrected chi connectivity index (χ3v) is 4.08. The van der Waals surface area contributed by atoms with Gasteiger partial charge in [0.25, 0.3) is 5.91 Å². The van der Waals surface area contributed by atoms with Gasteiger partial charge in [-0.05, 0) is 31.0 Å².